The molecular formula is C17H24N2O2. The summed E-state index contributed by atoms with van der Waals surface area (Å²) in [6.45, 7) is 2.54. The molecule has 114 valence electrons. The van der Waals surface area contributed by atoms with Crippen LogP contribution in [0, 0.1) is 0 Å². The first-order valence-corrected chi connectivity index (χ1v) is 7.93. The number of nitrogens with one attached hydrogen (secondary N) is 1. The van der Waals surface area contributed by atoms with Crippen molar-refractivity contribution < 1.29 is 9.53 Å². The molecule has 1 fully saturated rings. The van der Waals surface area contributed by atoms with Crippen molar-refractivity contribution in [3.8, 4) is 0 Å². The number of aryl methyl sites for hydroxylation is 1. The predicted octanol–water partition coefficient (Wildman–Crippen LogP) is 2.25. The Hall–Kier alpha value is -1.55. The first-order valence-electron chi connectivity index (χ1n) is 7.93. The molecule has 0 saturated carbocycles. The molecule has 4 heteroatoms. The highest BCUT2D eigenvalue weighted by Crippen LogP contribution is 2.26. The van der Waals surface area contributed by atoms with Crippen LogP contribution < -0.4 is 10.2 Å². The summed E-state index contributed by atoms with van der Waals surface area (Å²) in [5, 5.41) is 3.01. The van der Waals surface area contributed by atoms with E-state index in [9.17, 15) is 4.79 Å². The summed E-state index contributed by atoms with van der Waals surface area (Å²) in [5.41, 5.74) is 3.91. The van der Waals surface area contributed by atoms with Crippen LogP contribution in [0.4, 0.5) is 5.69 Å². The number of carbonyl (C=O) groups excluding carboxylic acids is 1. The Balaban J connectivity index is 1.54. The molecule has 1 atom stereocenters. The fourth-order valence-corrected chi connectivity index (χ4v) is 3.23. The van der Waals surface area contributed by atoms with E-state index in [4.69, 9.17) is 4.74 Å². The normalized spacial score (nSPS) is 21.2. The van der Waals surface area contributed by atoms with Crippen LogP contribution in [0.25, 0.3) is 0 Å². The maximum absolute atomic E-state index is 11.9. The highest BCUT2D eigenvalue weighted by atomic mass is 16.5. The molecule has 0 radical (unpaired) electrons. The molecule has 0 spiro atoms. The smallest absolute Gasteiger partial charge is 0.222 e. The summed E-state index contributed by atoms with van der Waals surface area (Å²) in [6, 6.07) is 6.53. The molecule has 0 bridgehead atoms. The first-order chi connectivity index (χ1) is 10.2. The fraction of sp³-hybridized carbons (Fsp3) is 0.588. The van der Waals surface area contributed by atoms with E-state index in [-0.39, 0.29) is 12.0 Å². The van der Waals surface area contributed by atoms with Crippen molar-refractivity contribution in [1.29, 1.82) is 0 Å². The van der Waals surface area contributed by atoms with Crippen molar-refractivity contribution in [3.63, 3.8) is 0 Å². The molecule has 1 aromatic rings. The summed E-state index contributed by atoms with van der Waals surface area (Å²) in [5.74, 6) is 0.0942. The molecular weight excluding hydrogens is 264 g/mol. The SMILES string of the molecule is CN1CCCc2cc(CNC(=O)CC3CCCO3)ccc21. The van der Waals surface area contributed by atoms with Crippen LogP contribution in [0.5, 0.6) is 0 Å². The second kappa shape index (κ2) is 6.48. The lowest BCUT2D eigenvalue weighted by Gasteiger charge is -2.27. The van der Waals surface area contributed by atoms with E-state index in [1.807, 2.05) is 0 Å². The van der Waals surface area contributed by atoms with Crippen LogP contribution in [0.2, 0.25) is 0 Å². The molecule has 1 unspecified atom stereocenters. The molecule has 3 rings (SSSR count). The van der Waals surface area contributed by atoms with E-state index in [1.165, 1.54) is 23.2 Å². The van der Waals surface area contributed by atoms with Gasteiger partial charge in [0.05, 0.1) is 12.5 Å². The number of nitrogens with zero attached hydrogens (tertiary/aromatic N) is 1. The molecule has 1 saturated heterocycles. The van der Waals surface area contributed by atoms with Gasteiger partial charge in [-0.1, -0.05) is 12.1 Å². The Morgan fingerprint density at radius 1 is 1.43 bits per heavy atom. The van der Waals surface area contributed by atoms with E-state index in [0.717, 1.165) is 32.4 Å². The number of anilines is 1. The number of ether oxygens (including phenoxy) is 1. The summed E-state index contributed by atoms with van der Waals surface area (Å²) in [6.07, 6.45) is 5.06. The van der Waals surface area contributed by atoms with Crippen molar-refractivity contribution >= 4 is 11.6 Å². The third-order valence-electron chi connectivity index (χ3n) is 4.42. The third-order valence-corrected chi connectivity index (χ3v) is 4.42. The van der Waals surface area contributed by atoms with Gasteiger partial charge in [-0.15, -0.1) is 0 Å². The van der Waals surface area contributed by atoms with Crippen LogP contribution in [0.15, 0.2) is 18.2 Å². The van der Waals surface area contributed by atoms with Gasteiger partial charge >= 0.3 is 0 Å². The van der Waals surface area contributed by atoms with Crippen LogP contribution in [0.3, 0.4) is 0 Å². The molecule has 2 aliphatic rings. The number of hydrogen-bond donors (Lipinski definition) is 1. The fourth-order valence-electron chi connectivity index (χ4n) is 3.23. The summed E-state index contributed by atoms with van der Waals surface area (Å²) in [4.78, 5) is 14.2. The van der Waals surface area contributed by atoms with Crippen LogP contribution >= 0.6 is 0 Å². The number of carbonyl (C=O) groups is 1. The lowest BCUT2D eigenvalue weighted by Crippen LogP contribution is -2.27. The quantitative estimate of drug-likeness (QED) is 0.924. The van der Waals surface area contributed by atoms with Gasteiger partial charge in [-0.2, -0.15) is 0 Å². The van der Waals surface area contributed by atoms with E-state index < -0.39 is 0 Å². The van der Waals surface area contributed by atoms with Gasteiger partial charge in [-0.05, 0) is 42.9 Å². The zero-order valence-electron chi connectivity index (χ0n) is 12.7. The van der Waals surface area contributed by atoms with Gasteiger partial charge in [0.15, 0.2) is 0 Å². The number of amides is 1. The third kappa shape index (κ3) is 3.56. The minimum absolute atomic E-state index is 0.0942. The maximum Gasteiger partial charge on any atom is 0.222 e. The van der Waals surface area contributed by atoms with E-state index in [2.05, 4.69) is 35.5 Å². The lowest BCUT2D eigenvalue weighted by atomic mass is 9.99. The van der Waals surface area contributed by atoms with Gasteiger partial charge in [-0.25, -0.2) is 0 Å². The van der Waals surface area contributed by atoms with Crippen molar-refractivity contribution in [2.45, 2.75) is 44.8 Å². The highest BCUT2D eigenvalue weighted by Gasteiger charge is 2.19. The van der Waals surface area contributed by atoms with Crippen molar-refractivity contribution in [1.82, 2.24) is 5.32 Å². The topological polar surface area (TPSA) is 41.6 Å². The molecule has 1 N–H and O–H groups in total. The average molecular weight is 288 g/mol. The summed E-state index contributed by atoms with van der Waals surface area (Å²) in [7, 11) is 2.14. The van der Waals surface area contributed by atoms with E-state index >= 15 is 0 Å². The Kier molecular flexibility index (Phi) is 4.44. The predicted molar refractivity (Wildman–Crippen MR) is 83.5 cm³/mol. The summed E-state index contributed by atoms with van der Waals surface area (Å²) >= 11 is 0. The first kappa shape index (κ1) is 14.4. The number of rotatable bonds is 4. The molecule has 2 aliphatic heterocycles. The van der Waals surface area contributed by atoms with Gasteiger partial charge in [0, 0.05) is 32.4 Å². The largest absolute Gasteiger partial charge is 0.378 e. The monoisotopic (exact) mass is 288 g/mol. The minimum Gasteiger partial charge on any atom is -0.378 e. The Bertz CT molecular complexity index is 510. The molecule has 4 nitrogen and oxygen atoms in total. The Morgan fingerprint density at radius 2 is 2.33 bits per heavy atom. The average Bonchev–Trinajstić information content (AvgIpc) is 2.98. The van der Waals surface area contributed by atoms with Crippen molar-refractivity contribution in [2.24, 2.45) is 0 Å². The van der Waals surface area contributed by atoms with Gasteiger partial charge < -0.3 is 15.0 Å². The second-order valence-corrected chi connectivity index (χ2v) is 6.10. The molecule has 0 aliphatic carbocycles. The zero-order valence-corrected chi connectivity index (χ0v) is 12.7. The van der Waals surface area contributed by atoms with Gasteiger partial charge in [0.25, 0.3) is 0 Å². The van der Waals surface area contributed by atoms with Crippen LogP contribution in [-0.4, -0.2) is 32.2 Å². The Morgan fingerprint density at radius 3 is 3.14 bits per heavy atom. The van der Waals surface area contributed by atoms with E-state index in [0.29, 0.717) is 13.0 Å². The maximum atomic E-state index is 11.9. The molecule has 21 heavy (non-hydrogen) atoms. The highest BCUT2D eigenvalue weighted by molar-refractivity contribution is 5.76. The standard InChI is InChI=1S/C17H24N2O2/c1-19-8-2-4-14-10-13(6-7-16(14)19)12-18-17(20)11-15-5-3-9-21-15/h6-7,10,15H,2-5,8-9,11-12H2,1H3,(H,18,20). The number of fused-ring (bicyclic) bond motifs is 1. The van der Waals surface area contributed by atoms with Gasteiger partial charge in [0.2, 0.25) is 5.91 Å². The minimum atomic E-state index is 0.0942. The molecule has 0 aromatic heterocycles. The van der Waals surface area contributed by atoms with Crippen LogP contribution in [-0.2, 0) is 22.5 Å². The van der Waals surface area contributed by atoms with Crippen LogP contribution in [0.1, 0.15) is 36.8 Å². The van der Waals surface area contributed by atoms with E-state index in [1.54, 1.807) is 0 Å². The molecule has 1 amide bonds. The zero-order chi connectivity index (χ0) is 14.7. The lowest BCUT2D eigenvalue weighted by molar-refractivity contribution is -0.123. The second-order valence-electron chi connectivity index (χ2n) is 6.10. The van der Waals surface area contributed by atoms with Crippen molar-refractivity contribution in [3.05, 3.63) is 29.3 Å². The Labute approximate surface area is 126 Å². The number of benzene rings is 1. The molecule has 2 heterocycles. The van der Waals surface area contributed by atoms with Crippen molar-refractivity contribution in [2.75, 3.05) is 25.1 Å². The van der Waals surface area contributed by atoms with Gasteiger partial charge in [0.1, 0.15) is 0 Å². The summed E-state index contributed by atoms with van der Waals surface area (Å²) < 4.78 is 5.50. The number of hydrogen-bond acceptors (Lipinski definition) is 3. The van der Waals surface area contributed by atoms with Gasteiger partial charge in [-0.3, -0.25) is 4.79 Å². The molecule has 1 aromatic carbocycles.